The lowest BCUT2D eigenvalue weighted by molar-refractivity contribution is -0.152. The van der Waals surface area contributed by atoms with Crippen LogP contribution in [0.4, 0.5) is 0 Å². The van der Waals surface area contributed by atoms with Gasteiger partial charge in [0.25, 0.3) is 0 Å². The molecule has 0 bridgehead atoms. The molecule has 2 amide bonds. The largest absolute Gasteiger partial charge is 0.461 e. The van der Waals surface area contributed by atoms with Gasteiger partial charge in [-0.15, -0.1) is 0 Å². The zero-order valence-electron chi connectivity index (χ0n) is 19.3. The van der Waals surface area contributed by atoms with Gasteiger partial charge >= 0.3 is 12.2 Å². The third-order valence-electron chi connectivity index (χ3n) is 4.94. The van der Waals surface area contributed by atoms with Gasteiger partial charge < -0.3 is 19.9 Å². The minimum atomic E-state index is -1.09. The molecular formula is C23H30N5O5+. The summed E-state index contributed by atoms with van der Waals surface area (Å²) in [5.74, 6) is -2.08. The molecule has 10 nitrogen and oxygen atoms in total. The van der Waals surface area contributed by atoms with Crippen molar-refractivity contribution < 1.29 is 28.7 Å². The van der Waals surface area contributed by atoms with E-state index in [0.717, 1.165) is 22.7 Å². The van der Waals surface area contributed by atoms with Crippen LogP contribution in [-0.4, -0.2) is 57.3 Å². The number of aromatic nitrogens is 1. The highest BCUT2D eigenvalue weighted by Crippen LogP contribution is 2.21. The average Bonchev–Trinajstić information content (AvgIpc) is 3.05. The van der Waals surface area contributed by atoms with E-state index >= 15 is 0 Å². The number of para-hydroxylation sites is 1. The number of rotatable bonds is 11. The molecular weight excluding hydrogens is 426 g/mol. The maximum Gasteiger partial charge on any atom is 0.372 e. The number of aryl methyl sites for hydroxylation is 1. The molecule has 0 saturated carbocycles. The Morgan fingerprint density at radius 3 is 2.48 bits per heavy atom. The Morgan fingerprint density at radius 2 is 1.85 bits per heavy atom. The lowest BCUT2D eigenvalue weighted by Crippen LogP contribution is -2.52. The fraction of sp³-hybridized carbons (Fsp3) is 0.435. The van der Waals surface area contributed by atoms with E-state index in [2.05, 4.69) is 15.4 Å². The van der Waals surface area contributed by atoms with Crippen molar-refractivity contribution in [3.63, 3.8) is 0 Å². The van der Waals surface area contributed by atoms with Crippen LogP contribution < -0.4 is 10.6 Å². The fourth-order valence-electron chi connectivity index (χ4n) is 3.52. The maximum absolute atomic E-state index is 13.1. The van der Waals surface area contributed by atoms with Gasteiger partial charge in [0, 0.05) is 43.9 Å². The molecule has 2 aromatic rings. The van der Waals surface area contributed by atoms with Crippen molar-refractivity contribution in [3.05, 3.63) is 36.0 Å². The first-order valence-corrected chi connectivity index (χ1v) is 10.7. The highest BCUT2D eigenvalue weighted by molar-refractivity contribution is 6.25. The van der Waals surface area contributed by atoms with Gasteiger partial charge in [-0.2, -0.15) is 0 Å². The van der Waals surface area contributed by atoms with E-state index in [0.29, 0.717) is 0 Å². The SMILES string of the molecule is CC(=O)N[C@@H](Cc1cn(C)c2ccccc12)C(=O)N[C@@H](CCC(=O)C=[N+]=N)C(=O)OC(C)C. The van der Waals surface area contributed by atoms with Gasteiger partial charge in [0.05, 0.1) is 16.4 Å². The van der Waals surface area contributed by atoms with Gasteiger partial charge in [0.2, 0.25) is 17.6 Å². The number of nitrogens with zero attached hydrogens (tertiary/aromatic N) is 2. The molecule has 3 N–H and O–H groups in total. The van der Waals surface area contributed by atoms with E-state index in [1.807, 2.05) is 42.1 Å². The van der Waals surface area contributed by atoms with Crippen LogP contribution in [-0.2, 0) is 37.4 Å². The van der Waals surface area contributed by atoms with Crippen LogP contribution in [0.3, 0.4) is 0 Å². The molecule has 0 spiro atoms. The summed E-state index contributed by atoms with van der Waals surface area (Å²) < 4.78 is 7.16. The molecule has 0 saturated heterocycles. The number of ether oxygens (including phenoxy) is 1. The molecule has 33 heavy (non-hydrogen) atoms. The van der Waals surface area contributed by atoms with Crippen LogP contribution >= 0.6 is 0 Å². The number of benzene rings is 1. The van der Waals surface area contributed by atoms with E-state index in [-0.39, 0.29) is 19.3 Å². The number of carbonyl (C=O) groups is 4. The highest BCUT2D eigenvalue weighted by Gasteiger charge is 2.29. The zero-order valence-corrected chi connectivity index (χ0v) is 19.3. The first-order chi connectivity index (χ1) is 15.6. The summed E-state index contributed by atoms with van der Waals surface area (Å²) in [4.78, 5) is 52.1. The van der Waals surface area contributed by atoms with Crippen molar-refractivity contribution in [2.45, 2.75) is 58.2 Å². The number of Topliss-reactive ketones (excluding diaryl/α,β-unsaturated/α-hetero) is 1. The minimum Gasteiger partial charge on any atom is -0.461 e. The number of hydrogen-bond acceptors (Lipinski definition) is 6. The monoisotopic (exact) mass is 456 g/mol. The van der Waals surface area contributed by atoms with Gasteiger partial charge in [-0.1, -0.05) is 18.2 Å². The first-order valence-electron chi connectivity index (χ1n) is 10.7. The van der Waals surface area contributed by atoms with Crippen molar-refractivity contribution in [1.82, 2.24) is 15.2 Å². The van der Waals surface area contributed by atoms with Crippen molar-refractivity contribution in [2.24, 2.45) is 7.05 Å². The number of hydrogen-bond donors (Lipinski definition) is 3. The van der Waals surface area contributed by atoms with E-state index in [1.165, 1.54) is 6.92 Å². The molecule has 2 atom stereocenters. The maximum atomic E-state index is 13.1. The third kappa shape index (κ3) is 7.40. The molecule has 176 valence electrons. The third-order valence-corrected chi connectivity index (χ3v) is 4.94. The molecule has 1 aromatic heterocycles. The second kappa shape index (κ2) is 11.7. The van der Waals surface area contributed by atoms with Crippen LogP contribution in [0.5, 0.6) is 0 Å². The van der Waals surface area contributed by atoms with Gasteiger partial charge in [0.1, 0.15) is 12.1 Å². The van der Waals surface area contributed by atoms with Crippen LogP contribution in [0.25, 0.3) is 10.9 Å². The summed E-state index contributed by atoms with van der Waals surface area (Å²) in [7, 11) is 1.90. The number of esters is 1. The summed E-state index contributed by atoms with van der Waals surface area (Å²) in [6, 6.07) is 5.69. The predicted octanol–water partition coefficient (Wildman–Crippen LogP) is 1.32. The summed E-state index contributed by atoms with van der Waals surface area (Å²) in [5, 5.41) is 6.23. The van der Waals surface area contributed by atoms with Crippen molar-refractivity contribution in [2.75, 3.05) is 0 Å². The van der Waals surface area contributed by atoms with Crippen LogP contribution in [0, 0.1) is 5.53 Å². The lowest BCUT2D eigenvalue weighted by Gasteiger charge is -2.23. The first kappa shape index (κ1) is 25.5. The molecule has 0 fully saturated rings. The van der Waals surface area contributed by atoms with Crippen LogP contribution in [0.15, 0.2) is 30.5 Å². The molecule has 10 heteroatoms. The second-order valence-corrected chi connectivity index (χ2v) is 8.05. The van der Waals surface area contributed by atoms with Gasteiger partial charge in [-0.3, -0.25) is 14.4 Å². The molecule has 0 unspecified atom stereocenters. The van der Waals surface area contributed by atoms with Crippen molar-refractivity contribution >= 4 is 40.7 Å². The standard InChI is InChI=1S/C23H29N5O5/c1-14(2)33-23(32)19(10-9-17(30)12-25-24)27-22(31)20(26-15(3)29)11-16-13-28(4)21-8-6-5-7-18(16)21/h5-8,12-14,19-20,24H,9-11H2,1-4H3,(H-,26,27,29,31)/p+1/t19-,20-/m0/s1. The summed E-state index contributed by atoms with van der Waals surface area (Å²) >= 11 is 0. The molecule has 2 rings (SSSR count). The number of ketones is 1. The number of fused-ring (bicyclic) bond motifs is 1. The Bertz CT molecular complexity index is 1080. The van der Waals surface area contributed by atoms with Gasteiger partial charge in [0.15, 0.2) is 0 Å². The predicted molar refractivity (Wildman–Crippen MR) is 121 cm³/mol. The van der Waals surface area contributed by atoms with Crippen LogP contribution in [0.1, 0.15) is 39.2 Å². The summed E-state index contributed by atoms with van der Waals surface area (Å²) in [5.41, 5.74) is 8.60. The van der Waals surface area contributed by atoms with Crippen molar-refractivity contribution in [3.8, 4) is 0 Å². The summed E-state index contributed by atoms with van der Waals surface area (Å²) in [6.45, 7) is 4.66. The zero-order chi connectivity index (χ0) is 24.5. The Balaban J connectivity index is 2.24. The Morgan fingerprint density at radius 1 is 1.15 bits per heavy atom. The molecule has 0 aliphatic heterocycles. The topological polar surface area (TPSA) is 144 Å². The Kier molecular flexibility index (Phi) is 9.06. The molecule has 0 radical (unpaired) electrons. The average molecular weight is 457 g/mol. The quantitative estimate of drug-likeness (QED) is 0.202. The van der Waals surface area contributed by atoms with E-state index < -0.39 is 41.8 Å². The van der Waals surface area contributed by atoms with E-state index in [9.17, 15) is 19.2 Å². The molecule has 0 aliphatic rings. The minimum absolute atomic E-state index is 0.0246. The van der Waals surface area contributed by atoms with Crippen molar-refractivity contribution in [1.29, 1.82) is 5.53 Å². The van der Waals surface area contributed by atoms with Gasteiger partial charge in [-0.25, -0.2) is 4.79 Å². The molecule has 1 heterocycles. The number of amides is 2. The lowest BCUT2D eigenvalue weighted by atomic mass is 10.0. The number of nitrogens with one attached hydrogen (secondary N) is 3. The Hall–Kier alpha value is -3.78. The molecule has 1 aromatic carbocycles. The van der Waals surface area contributed by atoms with E-state index in [4.69, 9.17) is 10.3 Å². The van der Waals surface area contributed by atoms with Gasteiger partial charge in [-0.05, 0) is 31.9 Å². The normalized spacial score (nSPS) is 12.5. The molecule has 0 aliphatic carbocycles. The Labute approximate surface area is 191 Å². The fourth-order valence-corrected chi connectivity index (χ4v) is 3.52. The highest BCUT2D eigenvalue weighted by atomic mass is 16.5. The summed E-state index contributed by atoms with van der Waals surface area (Å²) in [6.07, 6.45) is 2.41. The smallest absolute Gasteiger partial charge is 0.372 e. The van der Waals surface area contributed by atoms with Crippen LogP contribution in [0.2, 0.25) is 0 Å². The second-order valence-electron chi connectivity index (χ2n) is 8.05. The van der Waals surface area contributed by atoms with E-state index in [1.54, 1.807) is 13.8 Å². The number of carbonyl (C=O) groups excluding carboxylic acids is 4.